The van der Waals surface area contributed by atoms with E-state index in [4.69, 9.17) is 0 Å². The van der Waals surface area contributed by atoms with E-state index in [-0.39, 0.29) is 5.97 Å². The van der Waals surface area contributed by atoms with E-state index in [9.17, 15) is 4.79 Å². The zero-order chi connectivity index (χ0) is 13.0. The fraction of sp³-hybridized carbons (Fsp3) is 0.143. The van der Waals surface area contributed by atoms with Gasteiger partial charge in [-0.25, -0.2) is 4.79 Å². The Balaban J connectivity index is 2.16. The fourth-order valence-electron chi connectivity index (χ4n) is 1.48. The van der Waals surface area contributed by atoms with Gasteiger partial charge in [-0.1, -0.05) is 11.8 Å². The fourth-order valence-corrected chi connectivity index (χ4v) is 2.35. The average molecular weight is 259 g/mol. The largest absolute Gasteiger partial charge is 0.465 e. The Kier molecular flexibility index (Phi) is 3.99. The Morgan fingerprint density at radius 3 is 2.56 bits per heavy atom. The van der Waals surface area contributed by atoms with Crippen LogP contribution in [0.3, 0.4) is 0 Å². The summed E-state index contributed by atoms with van der Waals surface area (Å²) in [4.78, 5) is 17.7. The van der Waals surface area contributed by atoms with Crippen molar-refractivity contribution in [3.05, 3.63) is 53.9 Å². The maximum absolute atomic E-state index is 11.3. The molecule has 0 aliphatic carbocycles. The van der Waals surface area contributed by atoms with Crippen molar-refractivity contribution in [1.82, 2.24) is 4.98 Å². The summed E-state index contributed by atoms with van der Waals surface area (Å²) < 4.78 is 4.66. The zero-order valence-corrected chi connectivity index (χ0v) is 11.0. The molecule has 2 rings (SSSR count). The molecule has 2 aromatic rings. The minimum Gasteiger partial charge on any atom is -0.465 e. The molecular formula is C14H13NO2S. The highest BCUT2D eigenvalue weighted by Crippen LogP contribution is 2.29. The van der Waals surface area contributed by atoms with Gasteiger partial charge in [-0.05, 0) is 43.3 Å². The van der Waals surface area contributed by atoms with E-state index < -0.39 is 0 Å². The summed E-state index contributed by atoms with van der Waals surface area (Å²) >= 11 is 1.63. The van der Waals surface area contributed by atoms with Crippen LogP contribution in [0.1, 0.15) is 16.1 Å². The number of carbonyl (C=O) groups is 1. The van der Waals surface area contributed by atoms with Gasteiger partial charge in [-0.2, -0.15) is 0 Å². The summed E-state index contributed by atoms with van der Waals surface area (Å²) in [5, 5.41) is 0. The molecule has 1 aromatic heterocycles. The third-order valence-electron chi connectivity index (χ3n) is 2.46. The minimum absolute atomic E-state index is 0.316. The first-order valence-electron chi connectivity index (χ1n) is 5.48. The van der Waals surface area contributed by atoms with Gasteiger partial charge in [0.2, 0.25) is 0 Å². The van der Waals surface area contributed by atoms with Crippen LogP contribution in [-0.4, -0.2) is 18.1 Å². The molecule has 0 N–H and O–H groups in total. The number of esters is 1. The van der Waals surface area contributed by atoms with Crippen molar-refractivity contribution in [3.8, 4) is 0 Å². The smallest absolute Gasteiger partial charge is 0.337 e. The molecule has 4 heteroatoms. The van der Waals surface area contributed by atoms with Crippen LogP contribution in [0.5, 0.6) is 0 Å². The Bertz CT molecular complexity index is 552. The van der Waals surface area contributed by atoms with Crippen molar-refractivity contribution >= 4 is 17.7 Å². The number of nitrogens with zero attached hydrogens (tertiary/aromatic N) is 1. The van der Waals surface area contributed by atoms with Crippen molar-refractivity contribution in [1.29, 1.82) is 0 Å². The van der Waals surface area contributed by atoms with E-state index in [1.54, 1.807) is 30.1 Å². The topological polar surface area (TPSA) is 39.2 Å². The molecule has 1 aromatic carbocycles. The molecule has 1 heterocycles. The first kappa shape index (κ1) is 12.6. The van der Waals surface area contributed by atoms with Crippen molar-refractivity contribution in [2.24, 2.45) is 0 Å². The Morgan fingerprint density at radius 1 is 1.22 bits per heavy atom. The van der Waals surface area contributed by atoms with Crippen LogP contribution < -0.4 is 0 Å². The van der Waals surface area contributed by atoms with Gasteiger partial charge in [-0.15, -0.1) is 0 Å². The molecule has 0 spiro atoms. The summed E-state index contributed by atoms with van der Waals surface area (Å²) in [6.45, 7) is 1.98. The number of rotatable bonds is 3. The molecule has 0 atom stereocenters. The van der Waals surface area contributed by atoms with E-state index in [0.29, 0.717) is 5.56 Å². The molecule has 0 unspecified atom stereocenters. The third-order valence-corrected chi connectivity index (χ3v) is 3.62. The molecule has 0 saturated carbocycles. The molecule has 0 radical (unpaired) electrons. The van der Waals surface area contributed by atoms with Crippen LogP contribution in [0.4, 0.5) is 0 Å². The van der Waals surface area contributed by atoms with Crippen LogP contribution in [0.15, 0.2) is 52.4 Å². The summed E-state index contributed by atoms with van der Waals surface area (Å²) in [6, 6.07) is 11.3. The van der Waals surface area contributed by atoms with E-state index in [0.717, 1.165) is 15.5 Å². The van der Waals surface area contributed by atoms with Gasteiger partial charge in [0.05, 0.1) is 18.4 Å². The molecule has 0 aliphatic rings. The van der Waals surface area contributed by atoms with Crippen LogP contribution in [0.25, 0.3) is 0 Å². The number of carbonyl (C=O) groups excluding carboxylic acids is 1. The van der Waals surface area contributed by atoms with E-state index in [2.05, 4.69) is 9.72 Å². The van der Waals surface area contributed by atoms with Crippen molar-refractivity contribution < 1.29 is 9.53 Å². The van der Waals surface area contributed by atoms with Gasteiger partial charge in [0.1, 0.15) is 0 Å². The number of hydrogen-bond donors (Lipinski definition) is 0. The van der Waals surface area contributed by atoms with Crippen LogP contribution in [0, 0.1) is 6.92 Å². The lowest BCUT2D eigenvalue weighted by Crippen LogP contribution is -2.00. The van der Waals surface area contributed by atoms with Crippen molar-refractivity contribution in [3.63, 3.8) is 0 Å². The highest BCUT2D eigenvalue weighted by atomic mass is 32.2. The van der Waals surface area contributed by atoms with E-state index in [1.807, 2.05) is 31.2 Å². The second-order valence-electron chi connectivity index (χ2n) is 3.70. The first-order chi connectivity index (χ1) is 8.70. The monoisotopic (exact) mass is 259 g/mol. The Hall–Kier alpha value is -1.81. The third kappa shape index (κ3) is 2.90. The highest BCUT2D eigenvalue weighted by Gasteiger charge is 2.06. The molecule has 0 saturated heterocycles. The quantitative estimate of drug-likeness (QED) is 0.793. The lowest BCUT2D eigenvalue weighted by molar-refractivity contribution is 0.0600. The zero-order valence-electron chi connectivity index (χ0n) is 10.2. The molecule has 0 amide bonds. The average Bonchev–Trinajstić information content (AvgIpc) is 2.41. The molecule has 0 fully saturated rings. The lowest BCUT2D eigenvalue weighted by Gasteiger charge is -2.05. The Morgan fingerprint density at radius 2 is 1.94 bits per heavy atom. The summed E-state index contributed by atoms with van der Waals surface area (Å²) in [5.74, 6) is -0.316. The predicted molar refractivity (Wildman–Crippen MR) is 70.9 cm³/mol. The second-order valence-corrected chi connectivity index (χ2v) is 4.82. The number of benzene rings is 1. The maximum Gasteiger partial charge on any atom is 0.337 e. The predicted octanol–water partition coefficient (Wildman–Crippen LogP) is 3.33. The van der Waals surface area contributed by atoms with Crippen LogP contribution in [0.2, 0.25) is 0 Å². The highest BCUT2D eigenvalue weighted by molar-refractivity contribution is 7.99. The maximum atomic E-state index is 11.3. The number of aromatic nitrogens is 1. The van der Waals surface area contributed by atoms with Gasteiger partial charge >= 0.3 is 5.97 Å². The lowest BCUT2D eigenvalue weighted by atomic mass is 10.2. The summed E-state index contributed by atoms with van der Waals surface area (Å²) in [6.07, 6.45) is 1.78. The van der Waals surface area contributed by atoms with Gasteiger partial charge in [-0.3, -0.25) is 4.98 Å². The molecule has 18 heavy (non-hydrogen) atoms. The first-order valence-corrected chi connectivity index (χ1v) is 6.30. The molecule has 92 valence electrons. The number of aryl methyl sites for hydroxylation is 1. The number of ether oxygens (including phenoxy) is 1. The van der Waals surface area contributed by atoms with Gasteiger partial charge in [0, 0.05) is 16.0 Å². The molecular weight excluding hydrogens is 246 g/mol. The normalized spacial score (nSPS) is 10.1. The van der Waals surface area contributed by atoms with E-state index in [1.165, 1.54) is 7.11 Å². The summed E-state index contributed by atoms with van der Waals surface area (Å²) in [5.41, 5.74) is 1.56. The van der Waals surface area contributed by atoms with Crippen LogP contribution in [-0.2, 0) is 4.74 Å². The summed E-state index contributed by atoms with van der Waals surface area (Å²) in [7, 11) is 1.38. The minimum atomic E-state index is -0.316. The standard InChI is InChI=1S/C14H13NO2S/c1-10-13(4-3-9-15-10)18-12-7-5-11(6-8-12)14(16)17-2/h3-9H,1-2H3. The number of hydrogen-bond acceptors (Lipinski definition) is 4. The van der Waals surface area contributed by atoms with Gasteiger partial charge in [0.25, 0.3) is 0 Å². The van der Waals surface area contributed by atoms with Crippen molar-refractivity contribution in [2.45, 2.75) is 16.7 Å². The molecule has 0 aliphatic heterocycles. The SMILES string of the molecule is COC(=O)c1ccc(Sc2cccnc2C)cc1. The molecule has 0 bridgehead atoms. The van der Waals surface area contributed by atoms with Crippen LogP contribution >= 0.6 is 11.8 Å². The molecule has 3 nitrogen and oxygen atoms in total. The number of pyridine rings is 1. The van der Waals surface area contributed by atoms with E-state index >= 15 is 0 Å². The van der Waals surface area contributed by atoms with Gasteiger partial charge in [0.15, 0.2) is 0 Å². The van der Waals surface area contributed by atoms with Crippen molar-refractivity contribution in [2.75, 3.05) is 7.11 Å². The number of methoxy groups -OCH3 is 1. The Labute approximate surface area is 110 Å². The van der Waals surface area contributed by atoms with Gasteiger partial charge < -0.3 is 4.74 Å². The second kappa shape index (κ2) is 5.69.